The minimum atomic E-state index is 0. The lowest BCUT2D eigenvalue weighted by Crippen LogP contribution is -2.07. The number of aromatic nitrogens is 4. The molecule has 5 nitrogen and oxygen atoms in total. The summed E-state index contributed by atoms with van der Waals surface area (Å²) in [7, 11) is 0. The number of nitrogens with zero attached hydrogens (tertiary/aromatic N) is 4. The lowest BCUT2D eigenvalue weighted by atomic mass is 9.79. The predicted octanol–water partition coefficient (Wildman–Crippen LogP) is 17.8. The Labute approximate surface area is 398 Å². The van der Waals surface area contributed by atoms with Gasteiger partial charge in [-0.2, -0.15) is 0 Å². The number of ether oxygens (including phenoxy) is 1. The first-order valence-electron chi connectivity index (χ1n) is 23.8. The molecule has 0 N–H and O–H groups in total. The van der Waals surface area contributed by atoms with Crippen molar-refractivity contribution in [3.8, 4) is 45.3 Å². The molecule has 3 aromatic heterocycles. The summed E-state index contributed by atoms with van der Waals surface area (Å²) in [6.45, 7) is 27.8. The van der Waals surface area contributed by atoms with Gasteiger partial charge in [0.25, 0.3) is 0 Å². The van der Waals surface area contributed by atoms with Gasteiger partial charge in [0.05, 0.1) is 27.8 Å². The molecule has 0 amide bonds. The Balaban J connectivity index is 0.00000592. The first-order valence-corrected chi connectivity index (χ1v) is 23.8. The van der Waals surface area contributed by atoms with Gasteiger partial charge < -0.3 is 4.74 Å². The van der Waals surface area contributed by atoms with Crippen molar-refractivity contribution in [3.05, 3.63) is 167 Å². The molecule has 66 heavy (non-hydrogen) atoms. The molecule has 3 heterocycles. The maximum atomic E-state index is 7.07. The summed E-state index contributed by atoms with van der Waals surface area (Å²) in [4.78, 5) is 9.89. The van der Waals surface area contributed by atoms with Gasteiger partial charge in [-0.1, -0.05) is 138 Å². The van der Waals surface area contributed by atoms with E-state index in [4.69, 9.17) is 14.7 Å². The molecular formula is C60H65ClN4O. The zero-order chi connectivity index (χ0) is 45.8. The van der Waals surface area contributed by atoms with Crippen molar-refractivity contribution in [2.75, 3.05) is 0 Å². The highest BCUT2D eigenvalue weighted by atomic mass is 35.5. The number of rotatable bonds is 12. The minimum absolute atomic E-state index is 0. The minimum Gasteiger partial charge on any atom is -0.457 e. The van der Waals surface area contributed by atoms with Crippen LogP contribution in [-0.2, 0) is 0 Å². The van der Waals surface area contributed by atoms with Crippen LogP contribution in [-0.4, -0.2) is 19.1 Å². The van der Waals surface area contributed by atoms with Crippen LogP contribution in [0.5, 0.6) is 11.5 Å². The number of halogens is 1. The van der Waals surface area contributed by atoms with E-state index in [1.54, 1.807) is 0 Å². The second-order valence-corrected chi connectivity index (χ2v) is 19.9. The average molecular weight is 894 g/mol. The molecule has 0 aliphatic carbocycles. The third kappa shape index (κ3) is 8.43. The zero-order valence-corrected chi connectivity index (χ0v) is 41.6. The van der Waals surface area contributed by atoms with Crippen LogP contribution in [0.1, 0.15) is 152 Å². The molecule has 9 aromatic rings. The molecule has 0 atom stereocenters. The number of hydrogen-bond acceptors (Lipinski definition) is 3. The molecule has 9 rings (SSSR count). The zero-order valence-electron chi connectivity index (χ0n) is 40.8. The fourth-order valence-electron chi connectivity index (χ4n) is 10.2. The molecular weight excluding hydrogens is 828 g/mol. The number of para-hydroxylation sites is 3. The fraction of sp³-hybridized carbons (Fsp3) is 0.300. The Morgan fingerprint density at radius 2 is 1.12 bits per heavy atom. The molecule has 0 aliphatic heterocycles. The van der Waals surface area contributed by atoms with E-state index >= 15 is 0 Å². The molecule has 0 radical (unpaired) electrons. The number of imidazole rings is 1. The topological polar surface area (TPSA) is 44.9 Å². The monoisotopic (exact) mass is 892 g/mol. The Kier molecular flexibility index (Phi) is 13.1. The van der Waals surface area contributed by atoms with E-state index < -0.39 is 0 Å². The third-order valence-electron chi connectivity index (χ3n) is 13.3. The van der Waals surface area contributed by atoms with Crippen LogP contribution in [0.2, 0.25) is 0 Å². The van der Waals surface area contributed by atoms with Crippen LogP contribution in [0.4, 0.5) is 0 Å². The highest BCUT2D eigenvalue weighted by Gasteiger charge is 2.24. The van der Waals surface area contributed by atoms with E-state index in [-0.39, 0.29) is 12.4 Å². The summed E-state index contributed by atoms with van der Waals surface area (Å²) in [6, 6.07) is 44.2. The van der Waals surface area contributed by atoms with Gasteiger partial charge in [-0.25, -0.2) is 9.97 Å². The van der Waals surface area contributed by atoms with Crippen molar-refractivity contribution in [2.24, 2.45) is 0 Å². The molecule has 0 spiro atoms. The van der Waals surface area contributed by atoms with Crippen molar-refractivity contribution in [3.63, 3.8) is 0 Å². The quantitative estimate of drug-likeness (QED) is 0.123. The highest BCUT2D eigenvalue weighted by molar-refractivity contribution is 6.09. The van der Waals surface area contributed by atoms with Gasteiger partial charge in [0.15, 0.2) is 0 Å². The van der Waals surface area contributed by atoms with Crippen molar-refractivity contribution >= 4 is 45.2 Å². The second-order valence-electron chi connectivity index (χ2n) is 19.9. The Hall–Kier alpha value is -6.17. The summed E-state index contributed by atoms with van der Waals surface area (Å²) >= 11 is 0. The normalized spacial score (nSPS) is 12.0. The van der Waals surface area contributed by atoms with Gasteiger partial charge in [0, 0.05) is 29.1 Å². The average Bonchev–Trinajstić information content (AvgIpc) is 3.87. The highest BCUT2D eigenvalue weighted by Crippen LogP contribution is 2.44. The summed E-state index contributed by atoms with van der Waals surface area (Å²) in [5, 5.41) is 2.33. The van der Waals surface area contributed by atoms with Crippen molar-refractivity contribution in [1.82, 2.24) is 19.1 Å². The maximum absolute atomic E-state index is 7.07. The first kappa shape index (κ1) is 46.4. The summed E-state index contributed by atoms with van der Waals surface area (Å²) in [6.07, 6.45) is 3.91. The summed E-state index contributed by atoms with van der Waals surface area (Å²) in [5.41, 5.74) is 18.5. The van der Waals surface area contributed by atoms with E-state index in [0.717, 1.165) is 56.0 Å². The molecule has 0 saturated carbocycles. The van der Waals surface area contributed by atoms with Crippen LogP contribution in [0.3, 0.4) is 0 Å². The van der Waals surface area contributed by atoms with Crippen LogP contribution >= 0.6 is 12.4 Å². The number of pyridine rings is 1. The predicted molar refractivity (Wildman–Crippen MR) is 282 cm³/mol. The molecule has 6 aromatic carbocycles. The van der Waals surface area contributed by atoms with Gasteiger partial charge >= 0.3 is 0 Å². The largest absolute Gasteiger partial charge is 0.457 e. The molecule has 6 heteroatoms. The smallest absolute Gasteiger partial charge is 0.138 e. The number of benzene rings is 6. The van der Waals surface area contributed by atoms with Crippen molar-refractivity contribution in [1.29, 1.82) is 0 Å². The molecule has 0 unspecified atom stereocenters. The van der Waals surface area contributed by atoms with Gasteiger partial charge in [-0.05, 0) is 146 Å². The molecule has 338 valence electrons. The van der Waals surface area contributed by atoms with E-state index in [2.05, 4.69) is 207 Å². The van der Waals surface area contributed by atoms with Crippen LogP contribution < -0.4 is 4.74 Å². The third-order valence-corrected chi connectivity index (χ3v) is 13.3. The van der Waals surface area contributed by atoms with Gasteiger partial charge in [0.1, 0.15) is 23.6 Å². The van der Waals surface area contributed by atoms with Crippen molar-refractivity contribution in [2.45, 2.75) is 119 Å². The molecule has 0 bridgehead atoms. The van der Waals surface area contributed by atoms with E-state index in [1.807, 2.05) is 18.6 Å². The van der Waals surface area contributed by atoms with Crippen LogP contribution in [0.25, 0.3) is 66.6 Å². The lowest BCUT2D eigenvalue weighted by molar-refractivity contribution is 0.483. The number of hydrogen-bond donors (Lipinski definition) is 0. The van der Waals surface area contributed by atoms with E-state index in [0.29, 0.717) is 35.5 Å². The summed E-state index contributed by atoms with van der Waals surface area (Å²) in [5.74, 6) is 4.72. The van der Waals surface area contributed by atoms with Gasteiger partial charge in [0.2, 0.25) is 0 Å². The summed E-state index contributed by atoms with van der Waals surface area (Å²) < 4.78 is 11.6. The van der Waals surface area contributed by atoms with E-state index in [1.165, 1.54) is 55.5 Å². The molecule has 0 fully saturated rings. The maximum Gasteiger partial charge on any atom is 0.138 e. The lowest BCUT2D eigenvalue weighted by Gasteiger charge is -2.26. The molecule has 0 saturated heterocycles. The van der Waals surface area contributed by atoms with Crippen LogP contribution in [0, 0.1) is 0 Å². The van der Waals surface area contributed by atoms with Gasteiger partial charge in [-0.3, -0.25) is 9.13 Å². The second kappa shape index (κ2) is 18.6. The Morgan fingerprint density at radius 1 is 0.470 bits per heavy atom. The fourth-order valence-corrected chi connectivity index (χ4v) is 10.2. The van der Waals surface area contributed by atoms with Gasteiger partial charge in [-0.15, -0.1) is 12.4 Å². The van der Waals surface area contributed by atoms with E-state index in [9.17, 15) is 0 Å². The van der Waals surface area contributed by atoms with Crippen molar-refractivity contribution < 1.29 is 4.74 Å². The Morgan fingerprint density at radius 3 is 1.79 bits per heavy atom. The molecule has 0 aliphatic rings. The SMILES string of the molecule is CC(C)c1cc(C(C)C)c(-c2ccnc(-n3c4ccccc4c4ccc(Oc5cc(-c6ccc(C(C)C)c(C(C)C)c6C(C)C)cc(-n6cnc7ccccc76)c5)cc43)c2)c(C(C)C)c1.Cl. The Bertz CT molecular complexity index is 3190. The first-order chi connectivity index (χ1) is 31.2. The number of fused-ring (bicyclic) bond motifs is 4. The standard InChI is InChI=1S/C60H64N4O.ClH/c1-35(2)42-29-51(37(5)6)60(52(30-42)38(7)8)41-25-26-61-57(31-41)64-54-19-15-13-17-49(54)50-22-21-45(33-56(50)64)65-46-28-43(27-44(32-46)63-34-62-53-18-14-16-20-55(53)63)48-24-23-47(36(3)4)58(39(9)10)59(48)40(11)12;/h13-40H,1-12H3;1H. The van der Waals surface area contributed by atoms with Crippen LogP contribution in [0.15, 0.2) is 134 Å².